The molecule has 1 aromatic heterocycles. The summed E-state index contributed by atoms with van der Waals surface area (Å²) in [4.78, 5) is 30.0. The molecule has 0 saturated heterocycles. The van der Waals surface area contributed by atoms with Gasteiger partial charge in [0, 0.05) is 17.5 Å². The minimum absolute atomic E-state index is 0.214. The normalized spacial score (nSPS) is 11.6. The summed E-state index contributed by atoms with van der Waals surface area (Å²) in [5.41, 5.74) is 2.53. The van der Waals surface area contributed by atoms with Crippen LogP contribution in [-0.4, -0.2) is 43.6 Å². The number of methoxy groups -OCH3 is 2. The zero-order valence-corrected chi connectivity index (χ0v) is 18.2. The van der Waals surface area contributed by atoms with Crippen LogP contribution >= 0.6 is 0 Å². The fourth-order valence-electron chi connectivity index (χ4n) is 3.25. The molecule has 0 fully saturated rings. The van der Waals surface area contributed by atoms with Gasteiger partial charge in [-0.15, -0.1) is 0 Å². The molecule has 0 aliphatic rings. The van der Waals surface area contributed by atoms with Gasteiger partial charge in [-0.3, -0.25) is 9.59 Å². The van der Waals surface area contributed by atoms with Gasteiger partial charge in [0.1, 0.15) is 6.04 Å². The minimum atomic E-state index is -0.657. The Morgan fingerprint density at radius 3 is 2.48 bits per heavy atom. The fourth-order valence-corrected chi connectivity index (χ4v) is 3.25. The summed E-state index contributed by atoms with van der Waals surface area (Å²) in [6.07, 6.45) is 0.829. The number of rotatable bonds is 8. The summed E-state index contributed by atoms with van der Waals surface area (Å²) in [6.45, 7) is 4.21. The van der Waals surface area contributed by atoms with Crippen molar-refractivity contribution in [1.82, 2.24) is 15.6 Å². The van der Waals surface area contributed by atoms with Crippen LogP contribution in [0.2, 0.25) is 0 Å². The van der Waals surface area contributed by atoms with E-state index in [9.17, 15) is 9.59 Å². The maximum atomic E-state index is 13.1. The zero-order valence-electron chi connectivity index (χ0n) is 18.2. The Hall–Kier alpha value is -3.61. The number of amides is 2. The Bertz CT molecular complexity index is 1100. The maximum absolute atomic E-state index is 13.1. The Labute approximate surface area is 181 Å². The molecule has 0 aliphatic heterocycles. The van der Waals surface area contributed by atoms with Crippen molar-refractivity contribution in [3.63, 3.8) is 0 Å². The first-order chi connectivity index (χ1) is 15.0. The van der Waals surface area contributed by atoms with Gasteiger partial charge < -0.3 is 20.1 Å². The number of hydrogen-bond donors (Lipinski definition) is 2. The van der Waals surface area contributed by atoms with Crippen molar-refractivity contribution in [3.8, 4) is 22.8 Å². The number of para-hydroxylation sites is 1. The predicted molar refractivity (Wildman–Crippen MR) is 121 cm³/mol. The van der Waals surface area contributed by atoms with Crippen molar-refractivity contribution in [2.45, 2.75) is 26.3 Å². The van der Waals surface area contributed by atoms with Crippen LogP contribution in [0, 0.1) is 0 Å². The highest BCUT2D eigenvalue weighted by molar-refractivity contribution is 6.08. The molecule has 0 saturated carbocycles. The highest BCUT2D eigenvalue weighted by Crippen LogP contribution is 2.33. The average Bonchev–Trinajstić information content (AvgIpc) is 2.81. The fraction of sp³-hybridized carbons (Fsp3) is 0.292. The van der Waals surface area contributed by atoms with Crippen molar-refractivity contribution >= 4 is 22.7 Å². The van der Waals surface area contributed by atoms with Gasteiger partial charge in [0.2, 0.25) is 5.91 Å². The molecule has 1 heterocycles. The van der Waals surface area contributed by atoms with Crippen LogP contribution in [0.25, 0.3) is 22.2 Å². The lowest BCUT2D eigenvalue weighted by atomic mass is 10.0. The molecule has 0 bridgehead atoms. The number of fused-ring (bicyclic) bond motifs is 1. The third kappa shape index (κ3) is 4.94. The highest BCUT2D eigenvalue weighted by Gasteiger charge is 2.19. The van der Waals surface area contributed by atoms with Gasteiger partial charge in [0.15, 0.2) is 11.5 Å². The van der Waals surface area contributed by atoms with E-state index >= 15 is 0 Å². The van der Waals surface area contributed by atoms with E-state index in [4.69, 9.17) is 14.5 Å². The Morgan fingerprint density at radius 1 is 1.03 bits per heavy atom. The van der Waals surface area contributed by atoms with Gasteiger partial charge in [-0.05, 0) is 43.7 Å². The first-order valence-electron chi connectivity index (χ1n) is 10.2. The zero-order chi connectivity index (χ0) is 22.4. The number of pyridine rings is 1. The summed E-state index contributed by atoms with van der Waals surface area (Å²) in [7, 11) is 3.14. The van der Waals surface area contributed by atoms with E-state index in [1.807, 2.05) is 43.3 Å². The van der Waals surface area contributed by atoms with E-state index < -0.39 is 6.04 Å². The van der Waals surface area contributed by atoms with E-state index in [1.54, 1.807) is 33.3 Å². The van der Waals surface area contributed by atoms with E-state index in [1.165, 1.54) is 0 Å². The van der Waals surface area contributed by atoms with Crippen LogP contribution in [0.5, 0.6) is 11.5 Å². The van der Waals surface area contributed by atoms with Crippen LogP contribution in [0.3, 0.4) is 0 Å². The quantitative estimate of drug-likeness (QED) is 0.580. The highest BCUT2D eigenvalue weighted by atomic mass is 16.5. The van der Waals surface area contributed by atoms with E-state index in [-0.39, 0.29) is 11.8 Å². The molecule has 0 spiro atoms. The third-order valence-corrected chi connectivity index (χ3v) is 4.93. The van der Waals surface area contributed by atoms with Crippen LogP contribution in [0.1, 0.15) is 30.6 Å². The first kappa shape index (κ1) is 22.1. The van der Waals surface area contributed by atoms with Crippen molar-refractivity contribution in [3.05, 3.63) is 54.1 Å². The second-order valence-electron chi connectivity index (χ2n) is 7.13. The lowest BCUT2D eigenvalue weighted by Gasteiger charge is -2.16. The van der Waals surface area contributed by atoms with E-state index in [0.29, 0.717) is 40.2 Å². The maximum Gasteiger partial charge on any atom is 0.252 e. The molecule has 0 radical (unpaired) electrons. The molecular weight excluding hydrogens is 394 g/mol. The Kier molecular flexibility index (Phi) is 7.07. The SMILES string of the molecule is CCCNC(=O)[C@@H](C)NC(=O)c1cc(-c2ccc(OC)c(OC)c2)nc2ccccc12. The molecule has 31 heavy (non-hydrogen) atoms. The molecule has 7 heteroatoms. The molecule has 7 nitrogen and oxygen atoms in total. The number of benzene rings is 2. The predicted octanol–water partition coefficient (Wildman–Crippen LogP) is 3.56. The summed E-state index contributed by atoms with van der Waals surface area (Å²) in [5, 5.41) is 6.30. The van der Waals surface area contributed by atoms with E-state index in [0.717, 1.165) is 12.0 Å². The monoisotopic (exact) mass is 421 g/mol. The molecule has 2 N–H and O–H groups in total. The number of hydrogen-bond acceptors (Lipinski definition) is 5. The number of carbonyl (C=O) groups excluding carboxylic acids is 2. The molecule has 3 rings (SSSR count). The summed E-state index contributed by atoms with van der Waals surface area (Å²) >= 11 is 0. The number of nitrogens with zero attached hydrogens (tertiary/aromatic N) is 1. The van der Waals surface area contributed by atoms with Gasteiger partial charge in [0.25, 0.3) is 5.91 Å². The molecule has 2 amide bonds. The molecule has 0 unspecified atom stereocenters. The summed E-state index contributed by atoms with van der Waals surface area (Å²) in [5.74, 6) is 0.632. The standard InChI is InChI=1S/C24H27N3O4/c1-5-12-25-23(28)15(2)26-24(29)18-14-20(27-19-9-7-6-8-17(18)19)16-10-11-21(30-3)22(13-16)31-4/h6-11,13-15H,5,12H2,1-4H3,(H,25,28)(H,26,29)/t15-/m1/s1. The van der Waals surface area contributed by atoms with Crippen LogP contribution in [-0.2, 0) is 4.79 Å². The van der Waals surface area contributed by atoms with Crippen molar-refractivity contribution in [1.29, 1.82) is 0 Å². The molecule has 1 atom stereocenters. The lowest BCUT2D eigenvalue weighted by Crippen LogP contribution is -2.45. The smallest absolute Gasteiger partial charge is 0.252 e. The van der Waals surface area contributed by atoms with Crippen molar-refractivity contribution in [2.24, 2.45) is 0 Å². The Morgan fingerprint density at radius 2 is 1.77 bits per heavy atom. The average molecular weight is 421 g/mol. The van der Waals surface area contributed by atoms with Crippen LogP contribution < -0.4 is 20.1 Å². The summed E-state index contributed by atoms with van der Waals surface area (Å²) < 4.78 is 10.7. The van der Waals surface area contributed by atoms with E-state index in [2.05, 4.69) is 10.6 Å². The number of aromatic nitrogens is 1. The van der Waals surface area contributed by atoms with Crippen molar-refractivity contribution in [2.75, 3.05) is 20.8 Å². The topological polar surface area (TPSA) is 89.6 Å². The molecular formula is C24H27N3O4. The molecule has 0 aliphatic carbocycles. The van der Waals surface area contributed by atoms with Gasteiger partial charge in [0.05, 0.1) is 31.0 Å². The first-order valence-corrected chi connectivity index (χ1v) is 10.2. The van der Waals surface area contributed by atoms with Gasteiger partial charge in [-0.1, -0.05) is 25.1 Å². The lowest BCUT2D eigenvalue weighted by molar-refractivity contribution is -0.122. The molecule has 3 aromatic rings. The number of ether oxygens (including phenoxy) is 2. The van der Waals surface area contributed by atoms with Crippen LogP contribution in [0.15, 0.2) is 48.5 Å². The summed E-state index contributed by atoms with van der Waals surface area (Å²) in [6, 6.07) is 14.0. The van der Waals surface area contributed by atoms with Crippen molar-refractivity contribution < 1.29 is 19.1 Å². The second kappa shape index (κ2) is 9.93. The minimum Gasteiger partial charge on any atom is -0.493 e. The molecule has 2 aromatic carbocycles. The molecule has 162 valence electrons. The second-order valence-corrected chi connectivity index (χ2v) is 7.13. The largest absolute Gasteiger partial charge is 0.493 e. The Balaban J connectivity index is 2.00. The van der Waals surface area contributed by atoms with Gasteiger partial charge in [-0.2, -0.15) is 0 Å². The number of carbonyl (C=O) groups is 2. The number of nitrogens with one attached hydrogen (secondary N) is 2. The third-order valence-electron chi connectivity index (χ3n) is 4.93. The van der Waals surface area contributed by atoms with Crippen LogP contribution in [0.4, 0.5) is 0 Å². The van der Waals surface area contributed by atoms with Gasteiger partial charge >= 0.3 is 0 Å². The van der Waals surface area contributed by atoms with Gasteiger partial charge in [-0.25, -0.2) is 4.98 Å².